The van der Waals surface area contributed by atoms with Crippen molar-refractivity contribution < 1.29 is 24.1 Å². The van der Waals surface area contributed by atoms with Crippen LogP contribution >= 0.6 is 0 Å². The Labute approximate surface area is 87.2 Å². The van der Waals surface area contributed by atoms with Crippen molar-refractivity contribution in [2.45, 2.75) is 5.97 Å². The molecule has 1 N–H and O–H groups in total. The van der Waals surface area contributed by atoms with Crippen molar-refractivity contribution in [2.24, 2.45) is 0 Å². The number of ether oxygens (including phenoxy) is 3. The molecule has 0 aromatic heterocycles. The molecule has 0 fully saturated rings. The molecule has 0 bridgehead atoms. The predicted molar refractivity (Wildman–Crippen MR) is 51.2 cm³/mol. The normalized spacial score (nSPS) is 11.1. The topological polar surface area (TPSA) is 65.0 Å². The van der Waals surface area contributed by atoms with Gasteiger partial charge in [-0.15, -0.1) is 0 Å². The molecule has 15 heavy (non-hydrogen) atoms. The van der Waals surface area contributed by atoms with Crippen LogP contribution in [0.2, 0.25) is 0 Å². The van der Waals surface area contributed by atoms with Crippen LogP contribution in [0.15, 0.2) is 30.3 Å². The Hall–Kier alpha value is -1.59. The second kappa shape index (κ2) is 4.77. The van der Waals surface area contributed by atoms with Crippen LogP contribution in [0.4, 0.5) is 4.79 Å². The molecular formula is C10H12O5. The third-order valence-corrected chi connectivity index (χ3v) is 1.89. The van der Waals surface area contributed by atoms with E-state index >= 15 is 0 Å². The van der Waals surface area contributed by atoms with Gasteiger partial charge in [-0.05, 0) is 12.1 Å². The Morgan fingerprint density at radius 3 is 2.13 bits per heavy atom. The molecule has 5 nitrogen and oxygen atoms in total. The van der Waals surface area contributed by atoms with E-state index in [-0.39, 0.29) is 0 Å². The average molecular weight is 212 g/mol. The lowest BCUT2D eigenvalue weighted by molar-refractivity contribution is -0.351. The van der Waals surface area contributed by atoms with Crippen LogP contribution in [0, 0.1) is 0 Å². The maximum Gasteiger partial charge on any atom is 0.510 e. The summed E-state index contributed by atoms with van der Waals surface area (Å²) in [5.74, 6) is -1.70. The molecule has 0 unspecified atom stereocenters. The summed E-state index contributed by atoms with van der Waals surface area (Å²) in [6.07, 6.45) is -1.47. The summed E-state index contributed by atoms with van der Waals surface area (Å²) in [4.78, 5) is 10.5. The lowest BCUT2D eigenvalue weighted by Gasteiger charge is -2.28. The summed E-state index contributed by atoms with van der Waals surface area (Å²) in [5, 5.41) is 8.59. The first-order chi connectivity index (χ1) is 7.14. The van der Waals surface area contributed by atoms with E-state index in [4.69, 9.17) is 14.6 Å². The van der Waals surface area contributed by atoms with Crippen molar-refractivity contribution >= 4 is 6.16 Å². The molecule has 0 radical (unpaired) electrons. The van der Waals surface area contributed by atoms with E-state index in [1.165, 1.54) is 14.2 Å². The highest BCUT2D eigenvalue weighted by Crippen LogP contribution is 2.27. The van der Waals surface area contributed by atoms with E-state index in [1.807, 2.05) is 0 Å². The molecule has 82 valence electrons. The first-order valence-electron chi connectivity index (χ1n) is 4.22. The molecule has 0 amide bonds. The second-order valence-corrected chi connectivity index (χ2v) is 2.70. The highest BCUT2D eigenvalue weighted by atomic mass is 16.9. The molecule has 0 saturated heterocycles. The minimum atomic E-state index is -1.70. The molecule has 1 rings (SSSR count). The third-order valence-electron chi connectivity index (χ3n) is 1.89. The van der Waals surface area contributed by atoms with E-state index in [0.29, 0.717) is 5.56 Å². The molecule has 0 aliphatic carbocycles. The van der Waals surface area contributed by atoms with Gasteiger partial charge < -0.3 is 19.3 Å². The van der Waals surface area contributed by atoms with Crippen LogP contribution in [0.5, 0.6) is 0 Å². The fourth-order valence-corrected chi connectivity index (χ4v) is 1.22. The quantitative estimate of drug-likeness (QED) is 0.608. The zero-order valence-corrected chi connectivity index (χ0v) is 8.47. The molecule has 1 aromatic rings. The monoisotopic (exact) mass is 212 g/mol. The fourth-order valence-electron chi connectivity index (χ4n) is 1.22. The van der Waals surface area contributed by atoms with Crippen LogP contribution in [0.1, 0.15) is 5.56 Å². The van der Waals surface area contributed by atoms with Crippen LogP contribution < -0.4 is 0 Å². The predicted octanol–water partition coefficient (Wildman–Crippen LogP) is 1.78. The number of rotatable bonds is 4. The number of hydrogen-bond donors (Lipinski definition) is 1. The molecule has 0 aliphatic heterocycles. The van der Waals surface area contributed by atoms with Crippen molar-refractivity contribution in [2.75, 3.05) is 14.2 Å². The van der Waals surface area contributed by atoms with Gasteiger partial charge in [-0.25, -0.2) is 4.79 Å². The van der Waals surface area contributed by atoms with Crippen molar-refractivity contribution in [3.63, 3.8) is 0 Å². The minimum absolute atomic E-state index is 0.470. The van der Waals surface area contributed by atoms with Gasteiger partial charge in [0.05, 0.1) is 5.56 Å². The molecular weight excluding hydrogens is 200 g/mol. The molecule has 5 heteroatoms. The maximum absolute atomic E-state index is 10.5. The van der Waals surface area contributed by atoms with E-state index in [2.05, 4.69) is 4.74 Å². The van der Waals surface area contributed by atoms with E-state index in [1.54, 1.807) is 30.3 Å². The minimum Gasteiger partial charge on any atom is -0.450 e. The molecule has 0 atom stereocenters. The first-order valence-corrected chi connectivity index (χ1v) is 4.22. The van der Waals surface area contributed by atoms with Crippen molar-refractivity contribution in [3.8, 4) is 0 Å². The Morgan fingerprint density at radius 1 is 1.20 bits per heavy atom. The zero-order chi connectivity index (χ0) is 11.3. The van der Waals surface area contributed by atoms with Gasteiger partial charge in [0, 0.05) is 14.2 Å². The Balaban J connectivity index is 3.05. The lowest BCUT2D eigenvalue weighted by atomic mass is 10.2. The van der Waals surface area contributed by atoms with Crippen LogP contribution in [0.3, 0.4) is 0 Å². The summed E-state index contributed by atoms with van der Waals surface area (Å²) in [6.45, 7) is 0. The zero-order valence-electron chi connectivity index (χ0n) is 8.47. The van der Waals surface area contributed by atoms with E-state index in [9.17, 15) is 4.79 Å². The SMILES string of the molecule is COC(OC)(OC(=O)O)c1ccccc1. The first kappa shape index (κ1) is 11.5. The maximum atomic E-state index is 10.5. The number of carbonyl (C=O) groups is 1. The summed E-state index contributed by atoms with van der Waals surface area (Å²) >= 11 is 0. The van der Waals surface area contributed by atoms with E-state index < -0.39 is 12.1 Å². The summed E-state index contributed by atoms with van der Waals surface area (Å²) in [6, 6.07) is 8.55. The second-order valence-electron chi connectivity index (χ2n) is 2.70. The summed E-state index contributed by atoms with van der Waals surface area (Å²) < 4.78 is 14.5. The standard InChI is InChI=1S/C10H12O5/c1-13-10(14-2,15-9(11)12)8-6-4-3-5-7-8/h3-7H,1-2H3,(H,11,12). The lowest BCUT2D eigenvalue weighted by Crippen LogP contribution is -2.36. The smallest absolute Gasteiger partial charge is 0.450 e. The van der Waals surface area contributed by atoms with Gasteiger partial charge in [0.25, 0.3) is 0 Å². The Morgan fingerprint density at radius 2 is 1.73 bits per heavy atom. The van der Waals surface area contributed by atoms with Gasteiger partial charge in [-0.1, -0.05) is 18.2 Å². The highest BCUT2D eigenvalue weighted by molar-refractivity contribution is 5.57. The largest absolute Gasteiger partial charge is 0.510 e. The molecule has 0 saturated carbocycles. The van der Waals surface area contributed by atoms with Gasteiger partial charge in [0.1, 0.15) is 0 Å². The van der Waals surface area contributed by atoms with Gasteiger partial charge in [0.2, 0.25) is 0 Å². The van der Waals surface area contributed by atoms with Crippen LogP contribution in [-0.4, -0.2) is 25.5 Å². The number of benzene rings is 1. The molecule has 0 heterocycles. The third kappa shape index (κ3) is 2.45. The van der Waals surface area contributed by atoms with Crippen LogP contribution in [0.25, 0.3) is 0 Å². The number of methoxy groups -OCH3 is 2. The van der Waals surface area contributed by atoms with Gasteiger partial charge in [-0.3, -0.25) is 0 Å². The van der Waals surface area contributed by atoms with Crippen LogP contribution in [-0.2, 0) is 20.2 Å². The van der Waals surface area contributed by atoms with Gasteiger partial charge in [0.15, 0.2) is 0 Å². The van der Waals surface area contributed by atoms with Gasteiger partial charge in [-0.2, -0.15) is 0 Å². The van der Waals surface area contributed by atoms with Crippen molar-refractivity contribution in [3.05, 3.63) is 35.9 Å². The van der Waals surface area contributed by atoms with Crippen molar-refractivity contribution in [1.29, 1.82) is 0 Å². The average Bonchev–Trinajstić information content (AvgIpc) is 2.27. The van der Waals surface area contributed by atoms with Crippen molar-refractivity contribution in [1.82, 2.24) is 0 Å². The molecule has 0 spiro atoms. The van der Waals surface area contributed by atoms with E-state index in [0.717, 1.165) is 0 Å². The fraction of sp³-hybridized carbons (Fsp3) is 0.300. The summed E-state index contributed by atoms with van der Waals surface area (Å²) in [7, 11) is 2.61. The van der Waals surface area contributed by atoms with Gasteiger partial charge >= 0.3 is 12.1 Å². The molecule has 0 aliphatic rings. The number of carboxylic acid groups (broad SMARTS) is 1. The summed E-state index contributed by atoms with van der Waals surface area (Å²) in [5.41, 5.74) is 0.470. The molecule has 1 aromatic carbocycles. The highest BCUT2D eigenvalue weighted by Gasteiger charge is 2.37. The number of hydrogen-bond acceptors (Lipinski definition) is 4. The Bertz CT molecular complexity index is 318. The Kier molecular flexibility index (Phi) is 3.65.